The van der Waals surface area contributed by atoms with E-state index >= 15 is 0 Å². The summed E-state index contributed by atoms with van der Waals surface area (Å²) in [4.78, 5) is 3.66. The van der Waals surface area contributed by atoms with Crippen molar-refractivity contribution in [1.29, 1.82) is 0 Å². The summed E-state index contributed by atoms with van der Waals surface area (Å²) in [6.07, 6.45) is 4.82. The van der Waals surface area contributed by atoms with Crippen LogP contribution in [0.5, 0.6) is 0 Å². The van der Waals surface area contributed by atoms with E-state index < -0.39 is 0 Å². The minimum Gasteiger partial charge on any atom is -0.338 e. The van der Waals surface area contributed by atoms with E-state index in [4.69, 9.17) is 5.84 Å². The van der Waals surface area contributed by atoms with Crippen molar-refractivity contribution in [2.24, 2.45) is 0 Å². The maximum absolute atomic E-state index is 5.13. The van der Waals surface area contributed by atoms with Crippen molar-refractivity contribution in [2.75, 3.05) is 5.84 Å². The Morgan fingerprint density at radius 2 is 2.29 bits per heavy atom. The lowest BCUT2D eigenvalue weighted by Gasteiger charge is -1.78. The molecule has 1 rings (SSSR count). The van der Waals surface area contributed by atoms with Gasteiger partial charge in [-0.15, -0.1) is 0 Å². The summed E-state index contributed by atoms with van der Waals surface area (Å²) in [6, 6.07) is 0. The third-order valence-corrected chi connectivity index (χ3v) is 0.525. The van der Waals surface area contributed by atoms with Crippen molar-refractivity contribution < 1.29 is 0 Å². The van der Waals surface area contributed by atoms with Gasteiger partial charge in [-0.05, 0) is 0 Å². The smallest absolute Gasteiger partial charge is 0.114 e. The summed E-state index contributed by atoms with van der Waals surface area (Å²) in [5.41, 5.74) is 0. The standard InChI is InChI=1S/C3H5N3.B/c4-6-2-1-5-3-6;/h1-3H,4H2;. The van der Waals surface area contributed by atoms with E-state index in [1.807, 2.05) is 0 Å². The predicted octanol–water partition coefficient (Wildman–Crippen LogP) is -0.784. The molecule has 1 aromatic rings. The number of nitrogen functional groups attached to an aromatic ring is 1. The molecule has 0 spiro atoms. The van der Waals surface area contributed by atoms with Gasteiger partial charge in [-0.2, -0.15) is 0 Å². The fourth-order valence-corrected chi connectivity index (χ4v) is 0.269. The van der Waals surface area contributed by atoms with Crippen LogP contribution in [0.15, 0.2) is 18.7 Å². The van der Waals surface area contributed by atoms with Crippen molar-refractivity contribution in [3.63, 3.8) is 0 Å². The molecule has 0 aliphatic heterocycles. The molecule has 4 heteroatoms. The van der Waals surface area contributed by atoms with Crippen molar-refractivity contribution in [1.82, 2.24) is 9.66 Å². The highest BCUT2D eigenvalue weighted by molar-refractivity contribution is 5.75. The normalized spacial score (nSPS) is 7.43. The van der Waals surface area contributed by atoms with Gasteiger partial charge in [0.1, 0.15) is 6.33 Å². The molecule has 3 radical (unpaired) electrons. The van der Waals surface area contributed by atoms with E-state index in [1.165, 1.54) is 11.0 Å². The highest BCUT2D eigenvalue weighted by Gasteiger charge is 1.69. The fourth-order valence-electron chi connectivity index (χ4n) is 0.269. The van der Waals surface area contributed by atoms with Gasteiger partial charge in [0.25, 0.3) is 0 Å². The van der Waals surface area contributed by atoms with Gasteiger partial charge < -0.3 is 5.84 Å². The third-order valence-electron chi connectivity index (χ3n) is 0.525. The van der Waals surface area contributed by atoms with Crippen LogP contribution >= 0.6 is 0 Å². The molecule has 0 amide bonds. The molecular weight excluding hydrogens is 88.9 g/mol. The quantitative estimate of drug-likeness (QED) is 0.338. The van der Waals surface area contributed by atoms with Gasteiger partial charge in [0, 0.05) is 20.8 Å². The molecule has 0 saturated carbocycles. The maximum Gasteiger partial charge on any atom is 0.114 e. The van der Waals surface area contributed by atoms with Gasteiger partial charge in [-0.25, -0.2) is 4.98 Å². The number of rotatable bonds is 0. The van der Waals surface area contributed by atoms with Gasteiger partial charge in [0.05, 0.1) is 0 Å². The molecule has 0 saturated heterocycles. The predicted molar refractivity (Wildman–Crippen MR) is 28.1 cm³/mol. The van der Waals surface area contributed by atoms with Crippen LogP contribution < -0.4 is 5.84 Å². The topological polar surface area (TPSA) is 43.8 Å². The molecule has 1 heterocycles. The average Bonchev–Trinajstić information content (AvgIpc) is 1.86. The van der Waals surface area contributed by atoms with E-state index in [9.17, 15) is 0 Å². The van der Waals surface area contributed by atoms with Crippen molar-refractivity contribution >= 4 is 8.41 Å². The Bertz CT molecular complexity index is 114. The van der Waals surface area contributed by atoms with Crippen LogP contribution in [0.4, 0.5) is 0 Å². The van der Waals surface area contributed by atoms with Crippen LogP contribution in [0.2, 0.25) is 0 Å². The number of aromatic nitrogens is 2. The fraction of sp³-hybridized carbons (Fsp3) is 0. The molecule has 0 aromatic carbocycles. The highest BCUT2D eigenvalue weighted by Crippen LogP contribution is 1.69. The summed E-state index contributed by atoms with van der Waals surface area (Å²) in [6.45, 7) is 0. The molecule has 0 aliphatic carbocycles. The number of hydrogen-bond acceptors (Lipinski definition) is 2. The molecule has 0 atom stereocenters. The molecular formula is C3H5BN3. The van der Waals surface area contributed by atoms with E-state index in [2.05, 4.69) is 4.98 Å². The van der Waals surface area contributed by atoms with Gasteiger partial charge in [0.15, 0.2) is 0 Å². The van der Waals surface area contributed by atoms with Crippen molar-refractivity contribution in [3.05, 3.63) is 18.7 Å². The molecule has 7 heavy (non-hydrogen) atoms. The molecule has 0 fully saturated rings. The Balaban J connectivity index is 0.000000360. The minimum absolute atomic E-state index is 0. The number of imidazole rings is 1. The van der Waals surface area contributed by atoms with Crippen LogP contribution in [0.25, 0.3) is 0 Å². The lowest BCUT2D eigenvalue weighted by atomic mass is 10.8. The lowest BCUT2D eigenvalue weighted by molar-refractivity contribution is 1.00. The zero-order chi connectivity index (χ0) is 4.41. The zero-order valence-corrected chi connectivity index (χ0v) is 3.78. The maximum atomic E-state index is 5.13. The summed E-state index contributed by atoms with van der Waals surface area (Å²) < 4.78 is 1.39. The molecule has 2 N–H and O–H groups in total. The molecule has 3 nitrogen and oxygen atoms in total. The lowest BCUT2D eigenvalue weighted by Crippen LogP contribution is -2.02. The first-order chi connectivity index (χ1) is 2.89. The third kappa shape index (κ3) is 1.30. The second-order valence-corrected chi connectivity index (χ2v) is 1.01. The molecule has 35 valence electrons. The minimum atomic E-state index is 0. The SMILES string of the molecule is Nn1ccnc1.[B]. The van der Waals surface area contributed by atoms with Crippen molar-refractivity contribution in [2.45, 2.75) is 0 Å². The van der Waals surface area contributed by atoms with Crippen molar-refractivity contribution in [3.8, 4) is 0 Å². The summed E-state index contributed by atoms with van der Waals surface area (Å²) in [5, 5.41) is 0. The Morgan fingerprint density at radius 1 is 1.57 bits per heavy atom. The van der Waals surface area contributed by atoms with Gasteiger partial charge >= 0.3 is 0 Å². The van der Waals surface area contributed by atoms with Crippen LogP contribution in [-0.4, -0.2) is 18.1 Å². The van der Waals surface area contributed by atoms with E-state index in [-0.39, 0.29) is 8.41 Å². The average molecular weight is 93.9 g/mol. The molecule has 0 bridgehead atoms. The Labute approximate surface area is 43.7 Å². The number of nitrogens with zero attached hydrogens (tertiary/aromatic N) is 2. The first-order valence-electron chi connectivity index (χ1n) is 1.62. The van der Waals surface area contributed by atoms with E-state index in [0.717, 1.165) is 0 Å². The largest absolute Gasteiger partial charge is 0.338 e. The first-order valence-corrected chi connectivity index (χ1v) is 1.62. The van der Waals surface area contributed by atoms with Crippen LogP contribution in [0.1, 0.15) is 0 Å². The van der Waals surface area contributed by atoms with Gasteiger partial charge in [-0.1, -0.05) is 0 Å². The van der Waals surface area contributed by atoms with Crippen LogP contribution in [-0.2, 0) is 0 Å². The molecule has 0 aliphatic rings. The first kappa shape index (κ1) is 6.07. The van der Waals surface area contributed by atoms with Gasteiger partial charge in [-0.3, -0.25) is 4.68 Å². The Kier molecular flexibility index (Phi) is 1.98. The second-order valence-electron chi connectivity index (χ2n) is 1.01. The second kappa shape index (κ2) is 2.28. The Hall–Kier alpha value is -0.925. The summed E-state index contributed by atoms with van der Waals surface area (Å²) in [7, 11) is 0. The number of nitrogens with two attached hydrogens (primary N) is 1. The Morgan fingerprint density at radius 3 is 2.43 bits per heavy atom. The molecule has 0 unspecified atom stereocenters. The monoisotopic (exact) mass is 94.1 g/mol. The van der Waals surface area contributed by atoms with E-state index in [1.54, 1.807) is 12.4 Å². The zero-order valence-electron chi connectivity index (χ0n) is 3.78. The highest BCUT2D eigenvalue weighted by atomic mass is 15.3. The van der Waals surface area contributed by atoms with E-state index in [0.29, 0.717) is 0 Å². The van der Waals surface area contributed by atoms with Gasteiger partial charge in [0.2, 0.25) is 0 Å². The summed E-state index contributed by atoms with van der Waals surface area (Å²) >= 11 is 0. The summed E-state index contributed by atoms with van der Waals surface area (Å²) in [5.74, 6) is 5.13. The van der Waals surface area contributed by atoms with Crippen LogP contribution in [0, 0.1) is 0 Å². The number of hydrogen-bond donors (Lipinski definition) is 1. The molecule has 1 aromatic heterocycles. The van der Waals surface area contributed by atoms with Crippen LogP contribution in [0.3, 0.4) is 0 Å².